The van der Waals surface area contributed by atoms with Crippen LogP contribution in [0.15, 0.2) is 48.5 Å². The Morgan fingerprint density at radius 2 is 1.71 bits per heavy atom. The number of para-hydroxylation sites is 1. The smallest absolute Gasteiger partial charge is 0.252 e. The predicted molar refractivity (Wildman–Crippen MR) is 111 cm³/mol. The fraction of sp³-hybridized carbons (Fsp3) is 0.273. The fourth-order valence-corrected chi connectivity index (χ4v) is 3.16. The van der Waals surface area contributed by atoms with Crippen LogP contribution < -0.4 is 10.6 Å². The van der Waals surface area contributed by atoms with Crippen LogP contribution >= 0.6 is 0 Å². The first-order valence-corrected chi connectivity index (χ1v) is 9.09. The van der Waals surface area contributed by atoms with Crippen LogP contribution in [0.1, 0.15) is 21.5 Å². The van der Waals surface area contributed by atoms with Crippen LogP contribution in [0, 0.1) is 13.8 Å². The summed E-state index contributed by atoms with van der Waals surface area (Å²) >= 11 is 0. The molecule has 0 radical (unpaired) electrons. The molecule has 0 spiro atoms. The van der Waals surface area contributed by atoms with E-state index in [9.17, 15) is 4.79 Å². The molecule has 0 unspecified atom stereocenters. The Balaban J connectivity index is 1.93. The average Bonchev–Trinajstić information content (AvgIpc) is 2.67. The quantitative estimate of drug-likeness (QED) is 0.608. The van der Waals surface area contributed by atoms with E-state index in [1.54, 1.807) is 6.07 Å². The highest BCUT2D eigenvalue weighted by Crippen LogP contribution is 2.24. The Morgan fingerprint density at radius 1 is 1.04 bits per heavy atom. The minimum Gasteiger partial charge on any atom is -0.354 e. The molecule has 1 amide bonds. The van der Waals surface area contributed by atoms with Gasteiger partial charge in [0, 0.05) is 25.3 Å². The molecule has 6 heteroatoms. The van der Waals surface area contributed by atoms with Gasteiger partial charge in [0.1, 0.15) is 5.82 Å². The molecule has 1 aromatic heterocycles. The topological polar surface area (TPSA) is 72.5 Å². The molecule has 6 nitrogen and oxygen atoms in total. The van der Waals surface area contributed by atoms with Crippen molar-refractivity contribution in [3.63, 3.8) is 0 Å². The molecule has 2 N–H and O–H groups in total. The van der Waals surface area contributed by atoms with Crippen LogP contribution in [0.25, 0.3) is 10.9 Å². The molecule has 0 atom stereocenters. The molecule has 0 saturated carbocycles. The number of aryl methyl sites for hydroxylation is 2. The number of carbonyl (C=O) groups excluding carboxylic acids is 1. The molecule has 146 valence electrons. The molecular formula is C22H25N3O3. The van der Waals surface area contributed by atoms with Crippen LogP contribution in [-0.4, -0.2) is 37.9 Å². The molecule has 3 rings (SSSR count). The normalized spacial score (nSPS) is 11.0. The van der Waals surface area contributed by atoms with Crippen molar-refractivity contribution in [2.75, 3.05) is 26.1 Å². The number of carbonyl (C=O) groups is 1. The lowest BCUT2D eigenvalue weighted by molar-refractivity contribution is -0.0974. The lowest BCUT2D eigenvalue weighted by Crippen LogP contribution is -2.34. The zero-order valence-corrected chi connectivity index (χ0v) is 16.6. The number of rotatable bonds is 7. The van der Waals surface area contributed by atoms with E-state index in [1.807, 2.05) is 50.2 Å². The molecule has 0 aliphatic carbocycles. The summed E-state index contributed by atoms with van der Waals surface area (Å²) in [5.41, 5.74) is 4.55. The van der Waals surface area contributed by atoms with Crippen molar-refractivity contribution in [3.8, 4) is 0 Å². The first-order valence-electron chi connectivity index (χ1n) is 9.09. The molecule has 0 fully saturated rings. The Bertz CT molecular complexity index is 964. The van der Waals surface area contributed by atoms with E-state index in [1.165, 1.54) is 14.2 Å². The van der Waals surface area contributed by atoms with Gasteiger partial charge in [0.25, 0.3) is 5.91 Å². The second-order valence-corrected chi connectivity index (χ2v) is 6.68. The van der Waals surface area contributed by atoms with Crippen LogP contribution in [0.3, 0.4) is 0 Å². The van der Waals surface area contributed by atoms with E-state index in [-0.39, 0.29) is 12.5 Å². The van der Waals surface area contributed by atoms with Gasteiger partial charge >= 0.3 is 0 Å². The van der Waals surface area contributed by atoms with Crippen molar-refractivity contribution >= 4 is 28.3 Å². The number of benzene rings is 2. The Kier molecular flexibility index (Phi) is 6.23. The number of methoxy groups -OCH3 is 2. The largest absolute Gasteiger partial charge is 0.354 e. The van der Waals surface area contributed by atoms with Crippen LogP contribution in [0.4, 0.5) is 11.5 Å². The minimum absolute atomic E-state index is 0.207. The number of fused-ring (bicyclic) bond motifs is 1. The van der Waals surface area contributed by atoms with E-state index in [0.29, 0.717) is 11.4 Å². The van der Waals surface area contributed by atoms with Crippen molar-refractivity contribution in [3.05, 3.63) is 65.2 Å². The van der Waals surface area contributed by atoms with Crippen LogP contribution in [-0.2, 0) is 9.47 Å². The van der Waals surface area contributed by atoms with Crippen molar-refractivity contribution in [2.24, 2.45) is 0 Å². The number of nitrogens with zero attached hydrogens (tertiary/aromatic N) is 1. The molecular weight excluding hydrogens is 354 g/mol. The van der Waals surface area contributed by atoms with Crippen molar-refractivity contribution in [2.45, 2.75) is 20.1 Å². The third-order valence-electron chi connectivity index (χ3n) is 4.41. The highest BCUT2D eigenvalue weighted by atomic mass is 16.7. The van der Waals surface area contributed by atoms with Gasteiger partial charge in [-0.05, 0) is 49.2 Å². The Labute approximate surface area is 164 Å². The third-order valence-corrected chi connectivity index (χ3v) is 4.41. The Morgan fingerprint density at radius 3 is 2.39 bits per heavy atom. The predicted octanol–water partition coefficient (Wildman–Crippen LogP) is 3.94. The Hall–Kier alpha value is -2.96. The standard InChI is InChI=1S/C22H25N3O3/c1-14-9-15(2)11-16(10-14)24-20-12-18(17-7-5-6-8-19(17)25-20)22(26)23-13-21(27-3)28-4/h5-12,21H,13H2,1-4H3,(H,23,26)(H,24,25). The summed E-state index contributed by atoms with van der Waals surface area (Å²) in [6.07, 6.45) is -0.495. The van der Waals surface area contributed by atoms with Gasteiger partial charge in [0.2, 0.25) is 0 Å². The molecule has 2 aromatic carbocycles. The molecule has 0 aliphatic heterocycles. The summed E-state index contributed by atoms with van der Waals surface area (Å²) in [4.78, 5) is 17.5. The maximum Gasteiger partial charge on any atom is 0.252 e. The second kappa shape index (κ2) is 8.82. The molecule has 1 heterocycles. The molecule has 0 saturated heterocycles. The first kappa shape index (κ1) is 19.8. The fourth-order valence-electron chi connectivity index (χ4n) is 3.16. The number of pyridine rings is 1. The highest BCUT2D eigenvalue weighted by Gasteiger charge is 2.15. The number of hydrogen-bond acceptors (Lipinski definition) is 5. The summed E-state index contributed by atoms with van der Waals surface area (Å²) in [6, 6.07) is 15.6. The van der Waals surface area contributed by atoms with E-state index in [2.05, 4.69) is 21.7 Å². The first-order chi connectivity index (χ1) is 13.5. The SMILES string of the molecule is COC(CNC(=O)c1cc(Nc2cc(C)cc(C)c2)nc2ccccc12)OC. The van der Waals surface area contributed by atoms with Gasteiger partial charge in [-0.25, -0.2) is 4.98 Å². The highest BCUT2D eigenvalue weighted by molar-refractivity contribution is 6.07. The zero-order valence-electron chi connectivity index (χ0n) is 16.6. The molecule has 0 bridgehead atoms. The van der Waals surface area contributed by atoms with Gasteiger partial charge in [0.05, 0.1) is 17.6 Å². The van der Waals surface area contributed by atoms with Gasteiger partial charge in [-0.15, -0.1) is 0 Å². The summed E-state index contributed by atoms with van der Waals surface area (Å²) in [7, 11) is 3.07. The summed E-state index contributed by atoms with van der Waals surface area (Å²) in [5.74, 6) is 0.407. The van der Waals surface area contributed by atoms with E-state index < -0.39 is 6.29 Å². The van der Waals surface area contributed by atoms with E-state index in [0.717, 1.165) is 27.7 Å². The van der Waals surface area contributed by atoms with Crippen molar-refractivity contribution < 1.29 is 14.3 Å². The number of amides is 1. The van der Waals surface area contributed by atoms with Crippen molar-refractivity contribution in [1.29, 1.82) is 0 Å². The van der Waals surface area contributed by atoms with Gasteiger partial charge < -0.3 is 20.1 Å². The third kappa shape index (κ3) is 4.65. The lowest BCUT2D eigenvalue weighted by atomic mass is 10.1. The number of anilines is 2. The maximum absolute atomic E-state index is 12.8. The number of nitrogens with one attached hydrogen (secondary N) is 2. The van der Waals surface area contributed by atoms with Gasteiger partial charge in [-0.2, -0.15) is 0 Å². The second-order valence-electron chi connectivity index (χ2n) is 6.68. The van der Waals surface area contributed by atoms with E-state index >= 15 is 0 Å². The van der Waals surface area contributed by atoms with Crippen molar-refractivity contribution in [1.82, 2.24) is 10.3 Å². The van der Waals surface area contributed by atoms with Gasteiger partial charge in [-0.1, -0.05) is 24.3 Å². The lowest BCUT2D eigenvalue weighted by Gasteiger charge is -2.15. The van der Waals surface area contributed by atoms with E-state index in [4.69, 9.17) is 9.47 Å². The number of ether oxygens (including phenoxy) is 2. The van der Waals surface area contributed by atoms with Gasteiger partial charge in [0.15, 0.2) is 6.29 Å². The maximum atomic E-state index is 12.8. The monoisotopic (exact) mass is 379 g/mol. The summed E-state index contributed by atoms with van der Waals surface area (Å²) in [5, 5.41) is 6.97. The average molecular weight is 379 g/mol. The minimum atomic E-state index is -0.495. The van der Waals surface area contributed by atoms with Gasteiger partial charge in [-0.3, -0.25) is 4.79 Å². The molecule has 0 aliphatic rings. The summed E-state index contributed by atoms with van der Waals surface area (Å²) in [6.45, 7) is 4.35. The van der Waals surface area contributed by atoms with Crippen LogP contribution in [0.5, 0.6) is 0 Å². The molecule has 3 aromatic rings. The number of aromatic nitrogens is 1. The van der Waals surface area contributed by atoms with Crippen LogP contribution in [0.2, 0.25) is 0 Å². The number of hydrogen-bond donors (Lipinski definition) is 2. The summed E-state index contributed by atoms with van der Waals surface area (Å²) < 4.78 is 10.3. The zero-order chi connectivity index (χ0) is 20.1. The molecule has 28 heavy (non-hydrogen) atoms.